The number of hydrogen-bond donors (Lipinski definition) is 0. The van der Waals surface area contributed by atoms with Gasteiger partial charge in [-0.15, -0.1) is 0 Å². The van der Waals surface area contributed by atoms with Crippen molar-refractivity contribution < 1.29 is 0 Å². The minimum atomic E-state index is 0.215. The lowest BCUT2D eigenvalue weighted by molar-refractivity contribution is 0.332. The minimum absolute atomic E-state index is 0.215. The van der Waals surface area contributed by atoms with E-state index in [0.717, 1.165) is 10.6 Å². The Morgan fingerprint density at radius 3 is 2.00 bits per heavy atom. The van der Waals surface area contributed by atoms with Crippen LogP contribution in [-0.2, 0) is 10.8 Å². The third-order valence-electron chi connectivity index (χ3n) is 6.02. The van der Waals surface area contributed by atoms with Crippen LogP contribution in [0, 0.1) is 0 Å². The first-order valence-corrected chi connectivity index (χ1v) is 9.50. The maximum atomic E-state index is 6.50. The van der Waals surface area contributed by atoms with Gasteiger partial charge in [-0.2, -0.15) is 0 Å². The molecular weight excluding hydrogens is 324 g/mol. The number of fused-ring (bicyclic) bond motifs is 2. The van der Waals surface area contributed by atoms with Gasteiger partial charge in [-0.3, -0.25) is 0 Å². The van der Waals surface area contributed by atoms with E-state index in [2.05, 4.69) is 70.2 Å². The van der Waals surface area contributed by atoms with Crippen LogP contribution in [0.25, 0.3) is 21.9 Å². The lowest BCUT2D eigenvalue weighted by Gasteiger charge is -2.42. The number of rotatable bonds is 1. The Bertz CT molecular complexity index is 963. The normalized spacial score (nSPS) is 18.1. The van der Waals surface area contributed by atoms with Crippen molar-refractivity contribution in [1.82, 2.24) is 0 Å². The molecule has 0 spiro atoms. The molecule has 0 radical (unpaired) electrons. The molecule has 128 valence electrons. The summed E-state index contributed by atoms with van der Waals surface area (Å²) in [6, 6.07) is 19.6. The summed E-state index contributed by atoms with van der Waals surface area (Å²) in [5.74, 6) is 0. The van der Waals surface area contributed by atoms with Crippen molar-refractivity contribution in [3.8, 4) is 11.1 Å². The fourth-order valence-electron chi connectivity index (χ4n) is 4.25. The van der Waals surface area contributed by atoms with Crippen LogP contribution < -0.4 is 0 Å². The Morgan fingerprint density at radius 2 is 1.32 bits per heavy atom. The van der Waals surface area contributed by atoms with Gasteiger partial charge in [-0.1, -0.05) is 81.8 Å². The van der Waals surface area contributed by atoms with E-state index in [1.807, 2.05) is 12.1 Å². The van der Waals surface area contributed by atoms with E-state index in [0.29, 0.717) is 0 Å². The zero-order chi connectivity index (χ0) is 17.8. The second-order valence-corrected chi connectivity index (χ2v) is 9.08. The third kappa shape index (κ3) is 2.68. The Labute approximate surface area is 155 Å². The SMILES string of the molecule is CC1(C)CCC(C)(C)c2cc3c(-c4ccccc4Cl)cccc3cc21. The largest absolute Gasteiger partial charge is 0.0837 e. The minimum Gasteiger partial charge on any atom is -0.0837 e. The van der Waals surface area contributed by atoms with Crippen LogP contribution in [-0.4, -0.2) is 0 Å². The molecule has 25 heavy (non-hydrogen) atoms. The van der Waals surface area contributed by atoms with Gasteiger partial charge < -0.3 is 0 Å². The van der Waals surface area contributed by atoms with Crippen LogP contribution in [0.15, 0.2) is 54.6 Å². The van der Waals surface area contributed by atoms with E-state index in [9.17, 15) is 0 Å². The molecule has 1 aliphatic carbocycles. The first kappa shape index (κ1) is 16.7. The van der Waals surface area contributed by atoms with Crippen molar-refractivity contribution in [3.05, 3.63) is 70.7 Å². The molecule has 1 aliphatic rings. The van der Waals surface area contributed by atoms with Crippen molar-refractivity contribution >= 4 is 22.4 Å². The highest BCUT2D eigenvalue weighted by Crippen LogP contribution is 2.48. The van der Waals surface area contributed by atoms with E-state index in [1.54, 1.807) is 0 Å². The van der Waals surface area contributed by atoms with Crippen molar-refractivity contribution in [2.45, 2.75) is 51.4 Å². The summed E-state index contributed by atoms with van der Waals surface area (Å²) in [7, 11) is 0. The van der Waals surface area contributed by atoms with Crippen molar-refractivity contribution in [3.63, 3.8) is 0 Å². The van der Waals surface area contributed by atoms with Crippen molar-refractivity contribution in [2.75, 3.05) is 0 Å². The highest BCUT2D eigenvalue weighted by molar-refractivity contribution is 6.33. The molecule has 0 fully saturated rings. The van der Waals surface area contributed by atoms with E-state index in [1.165, 1.54) is 40.3 Å². The van der Waals surface area contributed by atoms with Crippen LogP contribution in [0.3, 0.4) is 0 Å². The van der Waals surface area contributed by atoms with Crippen LogP contribution in [0.4, 0.5) is 0 Å². The van der Waals surface area contributed by atoms with Crippen LogP contribution in [0.2, 0.25) is 5.02 Å². The van der Waals surface area contributed by atoms with Gasteiger partial charge in [0.25, 0.3) is 0 Å². The summed E-state index contributed by atoms with van der Waals surface area (Å²) in [4.78, 5) is 0. The van der Waals surface area contributed by atoms with Crippen LogP contribution >= 0.6 is 11.6 Å². The van der Waals surface area contributed by atoms with Gasteiger partial charge in [0.1, 0.15) is 0 Å². The zero-order valence-electron chi connectivity index (χ0n) is 15.5. The Balaban J connectivity index is 2.06. The maximum Gasteiger partial charge on any atom is 0.0484 e. The molecule has 1 heteroatoms. The Morgan fingerprint density at radius 1 is 0.720 bits per heavy atom. The van der Waals surface area contributed by atoms with Gasteiger partial charge in [0.05, 0.1) is 0 Å². The highest BCUT2D eigenvalue weighted by Gasteiger charge is 2.37. The van der Waals surface area contributed by atoms with Crippen molar-refractivity contribution in [1.29, 1.82) is 0 Å². The van der Waals surface area contributed by atoms with E-state index in [-0.39, 0.29) is 10.8 Å². The molecule has 0 N–H and O–H groups in total. The molecular formula is C24H25Cl. The average Bonchev–Trinajstić information content (AvgIpc) is 2.58. The zero-order valence-corrected chi connectivity index (χ0v) is 16.2. The summed E-state index contributed by atoms with van der Waals surface area (Å²) in [5.41, 5.74) is 5.79. The molecule has 0 aliphatic heterocycles. The van der Waals surface area contributed by atoms with Gasteiger partial charge in [0, 0.05) is 10.6 Å². The Kier molecular flexibility index (Phi) is 3.74. The lowest BCUT2D eigenvalue weighted by atomic mass is 9.62. The molecule has 3 aromatic carbocycles. The monoisotopic (exact) mass is 348 g/mol. The van der Waals surface area contributed by atoms with Gasteiger partial charge in [0.2, 0.25) is 0 Å². The molecule has 0 aromatic heterocycles. The van der Waals surface area contributed by atoms with E-state index < -0.39 is 0 Å². The molecule has 0 bridgehead atoms. The number of benzene rings is 3. The summed E-state index contributed by atoms with van der Waals surface area (Å²) >= 11 is 6.50. The van der Waals surface area contributed by atoms with Gasteiger partial charge >= 0.3 is 0 Å². The second kappa shape index (κ2) is 5.61. The highest BCUT2D eigenvalue weighted by atomic mass is 35.5. The molecule has 0 saturated heterocycles. The first-order valence-electron chi connectivity index (χ1n) is 9.12. The molecule has 0 saturated carbocycles. The summed E-state index contributed by atoms with van der Waals surface area (Å²) in [6.07, 6.45) is 2.47. The topological polar surface area (TPSA) is 0 Å². The fraction of sp³-hybridized carbons (Fsp3) is 0.333. The van der Waals surface area contributed by atoms with Gasteiger partial charge in [-0.25, -0.2) is 0 Å². The maximum absolute atomic E-state index is 6.50. The predicted molar refractivity (Wildman–Crippen MR) is 110 cm³/mol. The molecule has 0 atom stereocenters. The standard InChI is InChI=1S/C24H25Cl/c1-23(2)12-13-24(3,4)21-15-19-16(14-20(21)23)8-7-10-17(19)18-9-5-6-11-22(18)25/h5-11,14-15H,12-13H2,1-4H3. The molecule has 0 nitrogen and oxygen atoms in total. The smallest absolute Gasteiger partial charge is 0.0484 e. The van der Waals surface area contributed by atoms with Crippen LogP contribution in [0.1, 0.15) is 51.7 Å². The quantitative estimate of drug-likeness (QED) is 0.426. The second-order valence-electron chi connectivity index (χ2n) is 8.67. The number of hydrogen-bond acceptors (Lipinski definition) is 0. The fourth-order valence-corrected chi connectivity index (χ4v) is 4.49. The predicted octanol–water partition coefficient (Wildman–Crippen LogP) is 7.51. The van der Waals surface area contributed by atoms with Gasteiger partial charge in [0.15, 0.2) is 0 Å². The van der Waals surface area contributed by atoms with Gasteiger partial charge in [-0.05, 0) is 63.3 Å². The summed E-state index contributed by atoms with van der Waals surface area (Å²) in [6.45, 7) is 9.52. The molecule has 0 unspecified atom stereocenters. The first-order chi connectivity index (χ1) is 11.8. The average molecular weight is 349 g/mol. The number of halogens is 1. The lowest BCUT2D eigenvalue weighted by Crippen LogP contribution is -2.33. The molecule has 3 aromatic rings. The Hall–Kier alpha value is -1.79. The molecule has 0 amide bonds. The molecule has 0 heterocycles. The van der Waals surface area contributed by atoms with E-state index >= 15 is 0 Å². The third-order valence-corrected chi connectivity index (χ3v) is 6.35. The van der Waals surface area contributed by atoms with Crippen LogP contribution in [0.5, 0.6) is 0 Å². The molecule has 4 rings (SSSR count). The van der Waals surface area contributed by atoms with Crippen molar-refractivity contribution in [2.24, 2.45) is 0 Å². The van der Waals surface area contributed by atoms with E-state index in [4.69, 9.17) is 11.6 Å². The summed E-state index contributed by atoms with van der Waals surface area (Å²) < 4.78 is 0. The summed E-state index contributed by atoms with van der Waals surface area (Å²) in [5, 5.41) is 3.43.